The lowest BCUT2D eigenvalue weighted by Gasteiger charge is -2.07. The van der Waals surface area contributed by atoms with Gasteiger partial charge in [-0.15, -0.1) is 10.2 Å². The van der Waals surface area contributed by atoms with Crippen molar-refractivity contribution in [1.29, 1.82) is 0 Å². The summed E-state index contributed by atoms with van der Waals surface area (Å²) in [7, 11) is 0. The summed E-state index contributed by atoms with van der Waals surface area (Å²) in [5.74, 6) is 0.126. The molecular formula is C9H11N5O3. The summed E-state index contributed by atoms with van der Waals surface area (Å²) in [6.45, 7) is 2.61. The summed E-state index contributed by atoms with van der Waals surface area (Å²) in [6.07, 6.45) is 1.53. The van der Waals surface area contributed by atoms with E-state index in [0.717, 1.165) is 10.6 Å². The molecule has 0 saturated heterocycles. The van der Waals surface area contributed by atoms with Gasteiger partial charge in [-0.3, -0.25) is 14.3 Å². The summed E-state index contributed by atoms with van der Waals surface area (Å²) in [5, 5.41) is 17.1. The monoisotopic (exact) mass is 237 g/mol. The molecule has 0 saturated carbocycles. The minimum absolute atomic E-state index is 0.0509. The van der Waals surface area contributed by atoms with E-state index in [1.807, 2.05) is 6.92 Å². The van der Waals surface area contributed by atoms with Crippen molar-refractivity contribution in [2.75, 3.05) is 0 Å². The molecule has 0 spiro atoms. The van der Waals surface area contributed by atoms with Crippen molar-refractivity contribution in [1.82, 2.24) is 24.3 Å². The van der Waals surface area contributed by atoms with Gasteiger partial charge in [0.25, 0.3) is 5.56 Å². The van der Waals surface area contributed by atoms with Gasteiger partial charge in [0.05, 0.1) is 12.6 Å². The molecule has 0 radical (unpaired) electrons. The van der Waals surface area contributed by atoms with Crippen molar-refractivity contribution in [3.63, 3.8) is 0 Å². The molecule has 8 heteroatoms. The average Bonchev–Trinajstić information content (AvgIpc) is 2.70. The van der Waals surface area contributed by atoms with Crippen molar-refractivity contribution in [3.05, 3.63) is 39.1 Å². The van der Waals surface area contributed by atoms with Crippen LogP contribution in [-0.4, -0.2) is 29.4 Å². The Kier molecular flexibility index (Phi) is 2.77. The summed E-state index contributed by atoms with van der Waals surface area (Å²) in [6, 6.07) is 0.939. The van der Waals surface area contributed by atoms with Crippen molar-refractivity contribution in [2.45, 2.75) is 20.0 Å². The second kappa shape index (κ2) is 4.24. The Bertz CT molecular complexity index is 639. The molecular weight excluding hydrogens is 226 g/mol. The molecule has 17 heavy (non-hydrogen) atoms. The number of hydrogen-bond acceptors (Lipinski definition) is 5. The van der Waals surface area contributed by atoms with Crippen LogP contribution in [0.25, 0.3) is 0 Å². The highest BCUT2D eigenvalue weighted by Gasteiger charge is 2.09. The van der Waals surface area contributed by atoms with Gasteiger partial charge in [-0.25, -0.2) is 4.79 Å². The van der Waals surface area contributed by atoms with Crippen LogP contribution in [0.2, 0.25) is 0 Å². The average molecular weight is 237 g/mol. The van der Waals surface area contributed by atoms with Crippen LogP contribution in [0, 0.1) is 0 Å². The SMILES string of the molecule is CCn1cnnc1Cn1c(O)cc(=O)[nH]c1=O. The fraction of sp³-hybridized carbons (Fsp3) is 0.333. The molecule has 0 amide bonds. The summed E-state index contributed by atoms with van der Waals surface area (Å²) < 4.78 is 2.74. The van der Waals surface area contributed by atoms with E-state index < -0.39 is 17.1 Å². The maximum atomic E-state index is 11.5. The number of hydrogen-bond donors (Lipinski definition) is 2. The van der Waals surface area contributed by atoms with Crippen molar-refractivity contribution >= 4 is 0 Å². The van der Waals surface area contributed by atoms with Gasteiger partial charge in [0.2, 0.25) is 5.88 Å². The van der Waals surface area contributed by atoms with Crippen LogP contribution < -0.4 is 11.2 Å². The molecule has 8 nitrogen and oxygen atoms in total. The number of H-pyrrole nitrogens is 1. The van der Waals surface area contributed by atoms with E-state index in [0.29, 0.717) is 12.4 Å². The molecule has 2 aromatic heterocycles. The highest BCUT2D eigenvalue weighted by Crippen LogP contribution is 2.04. The molecule has 2 rings (SSSR count). The first-order chi connectivity index (χ1) is 8.11. The maximum Gasteiger partial charge on any atom is 0.331 e. The third-order valence-corrected chi connectivity index (χ3v) is 2.35. The second-order valence-corrected chi connectivity index (χ2v) is 3.42. The highest BCUT2D eigenvalue weighted by atomic mass is 16.3. The van der Waals surface area contributed by atoms with E-state index in [9.17, 15) is 14.7 Å². The van der Waals surface area contributed by atoms with Crippen LogP contribution in [0.1, 0.15) is 12.7 Å². The number of nitrogens with one attached hydrogen (secondary N) is 1. The number of aryl methyl sites for hydroxylation is 1. The first-order valence-electron chi connectivity index (χ1n) is 5.01. The zero-order valence-corrected chi connectivity index (χ0v) is 9.12. The van der Waals surface area contributed by atoms with Crippen molar-refractivity contribution in [3.8, 4) is 5.88 Å². The quantitative estimate of drug-likeness (QED) is 0.705. The van der Waals surface area contributed by atoms with Gasteiger partial charge < -0.3 is 9.67 Å². The van der Waals surface area contributed by atoms with Crippen LogP contribution in [0.3, 0.4) is 0 Å². The van der Waals surface area contributed by atoms with Gasteiger partial charge in [-0.05, 0) is 6.92 Å². The number of aromatic hydroxyl groups is 1. The molecule has 2 heterocycles. The molecule has 0 fully saturated rings. The molecule has 0 aromatic carbocycles. The standard InChI is InChI=1S/C9H11N5O3/c1-2-13-5-10-12-6(13)4-14-8(16)3-7(15)11-9(14)17/h3,5,16H,2,4H2,1H3,(H,11,15,17). The van der Waals surface area contributed by atoms with Gasteiger partial charge in [0, 0.05) is 6.54 Å². The topological polar surface area (TPSA) is 106 Å². The van der Waals surface area contributed by atoms with Gasteiger partial charge in [0.15, 0.2) is 5.82 Å². The Labute approximate surface area is 95.2 Å². The first-order valence-corrected chi connectivity index (χ1v) is 5.01. The largest absolute Gasteiger partial charge is 0.494 e. The molecule has 0 aliphatic carbocycles. The van der Waals surface area contributed by atoms with E-state index in [1.54, 1.807) is 4.57 Å². The van der Waals surface area contributed by atoms with Crippen LogP contribution >= 0.6 is 0 Å². The molecule has 0 aliphatic rings. The molecule has 90 valence electrons. The third-order valence-electron chi connectivity index (χ3n) is 2.35. The lowest BCUT2D eigenvalue weighted by Crippen LogP contribution is -2.30. The summed E-state index contributed by atoms with van der Waals surface area (Å²) in [4.78, 5) is 24.5. The molecule has 0 atom stereocenters. The fourth-order valence-corrected chi connectivity index (χ4v) is 1.47. The van der Waals surface area contributed by atoms with Gasteiger partial charge in [-0.2, -0.15) is 0 Å². The minimum Gasteiger partial charge on any atom is -0.494 e. The van der Waals surface area contributed by atoms with Crippen LogP contribution in [0.4, 0.5) is 0 Å². The summed E-state index contributed by atoms with van der Waals surface area (Å²) >= 11 is 0. The zero-order chi connectivity index (χ0) is 12.4. The molecule has 0 unspecified atom stereocenters. The second-order valence-electron chi connectivity index (χ2n) is 3.42. The third kappa shape index (κ3) is 2.10. The van der Waals surface area contributed by atoms with Crippen molar-refractivity contribution < 1.29 is 5.11 Å². The lowest BCUT2D eigenvalue weighted by molar-refractivity contribution is 0.404. The van der Waals surface area contributed by atoms with Crippen molar-refractivity contribution in [2.24, 2.45) is 0 Å². The van der Waals surface area contributed by atoms with E-state index in [1.165, 1.54) is 6.33 Å². The Morgan fingerprint density at radius 1 is 1.47 bits per heavy atom. The van der Waals surface area contributed by atoms with Crippen LogP contribution in [0.15, 0.2) is 22.0 Å². The molecule has 0 bridgehead atoms. The Morgan fingerprint density at radius 2 is 2.24 bits per heavy atom. The number of rotatable bonds is 3. The Morgan fingerprint density at radius 3 is 2.88 bits per heavy atom. The van der Waals surface area contributed by atoms with Crippen LogP contribution in [-0.2, 0) is 13.1 Å². The number of aromatic nitrogens is 5. The van der Waals surface area contributed by atoms with E-state index in [4.69, 9.17) is 0 Å². The van der Waals surface area contributed by atoms with Crippen LogP contribution in [0.5, 0.6) is 5.88 Å². The smallest absolute Gasteiger partial charge is 0.331 e. The zero-order valence-electron chi connectivity index (χ0n) is 9.12. The highest BCUT2D eigenvalue weighted by molar-refractivity contribution is 5.07. The summed E-state index contributed by atoms with van der Waals surface area (Å²) in [5.41, 5.74) is -1.32. The maximum absolute atomic E-state index is 11.5. The van der Waals surface area contributed by atoms with Gasteiger partial charge >= 0.3 is 5.69 Å². The van der Waals surface area contributed by atoms with E-state index in [2.05, 4.69) is 15.2 Å². The Balaban J connectivity index is 2.43. The van der Waals surface area contributed by atoms with Gasteiger partial charge in [-0.1, -0.05) is 0 Å². The minimum atomic E-state index is -0.680. The molecule has 2 N–H and O–H groups in total. The Hall–Kier alpha value is -2.38. The number of aromatic amines is 1. The molecule has 2 aromatic rings. The predicted molar refractivity (Wildman–Crippen MR) is 57.8 cm³/mol. The predicted octanol–water partition coefficient (Wildman–Crippen LogP) is -1.10. The van der Waals surface area contributed by atoms with E-state index in [-0.39, 0.29) is 6.54 Å². The normalized spacial score (nSPS) is 10.6. The molecule has 0 aliphatic heterocycles. The first kappa shape index (κ1) is 11.1. The van der Waals surface area contributed by atoms with Gasteiger partial charge in [0.1, 0.15) is 6.33 Å². The fourth-order valence-electron chi connectivity index (χ4n) is 1.47. The van der Waals surface area contributed by atoms with E-state index >= 15 is 0 Å². The lowest BCUT2D eigenvalue weighted by atomic mass is 10.5. The number of nitrogens with zero attached hydrogens (tertiary/aromatic N) is 4.